The maximum Gasteiger partial charge on any atom is 0.152 e. The van der Waals surface area contributed by atoms with E-state index in [4.69, 9.17) is 4.74 Å². The van der Waals surface area contributed by atoms with Crippen LogP contribution in [-0.4, -0.2) is 43.5 Å². The number of methoxy groups -OCH3 is 1. The van der Waals surface area contributed by atoms with Crippen LogP contribution in [0.3, 0.4) is 0 Å². The Morgan fingerprint density at radius 2 is 2.00 bits per heavy atom. The van der Waals surface area contributed by atoms with Crippen LogP contribution >= 0.6 is 0 Å². The van der Waals surface area contributed by atoms with Crippen molar-refractivity contribution in [1.29, 1.82) is 0 Å². The Morgan fingerprint density at radius 3 is 2.40 bits per heavy atom. The second kappa shape index (κ2) is 5.08. The highest BCUT2D eigenvalue weighted by Gasteiger charge is 2.32. The van der Waals surface area contributed by atoms with E-state index >= 15 is 0 Å². The third-order valence-corrected chi connectivity index (χ3v) is 2.83. The van der Waals surface area contributed by atoms with E-state index in [9.17, 15) is 4.79 Å². The summed E-state index contributed by atoms with van der Waals surface area (Å²) in [5, 5.41) is 0. The second-order valence-electron chi connectivity index (χ2n) is 5.37. The molecule has 0 atom stereocenters. The van der Waals surface area contributed by atoms with Gasteiger partial charge >= 0.3 is 0 Å². The Balaban J connectivity index is 2.40. The normalized spacial score (nSPS) is 17.1. The van der Waals surface area contributed by atoms with Gasteiger partial charge in [0.15, 0.2) is 5.78 Å². The molecule has 1 rings (SSSR count). The highest BCUT2D eigenvalue weighted by atomic mass is 16.5. The molecule has 1 fully saturated rings. The molecule has 3 heteroatoms. The third-order valence-electron chi connectivity index (χ3n) is 2.83. The second-order valence-corrected chi connectivity index (χ2v) is 5.37. The molecule has 0 N–H and O–H groups in total. The van der Waals surface area contributed by atoms with Crippen molar-refractivity contribution >= 4 is 5.78 Å². The van der Waals surface area contributed by atoms with Crippen molar-refractivity contribution in [2.24, 2.45) is 5.41 Å². The Kier molecular flexibility index (Phi) is 4.29. The summed E-state index contributed by atoms with van der Waals surface area (Å²) >= 11 is 0. The predicted octanol–water partition coefficient (Wildman–Crippen LogP) is 1.71. The van der Waals surface area contributed by atoms with Crippen molar-refractivity contribution in [2.45, 2.75) is 39.7 Å². The van der Waals surface area contributed by atoms with Gasteiger partial charge in [0.25, 0.3) is 0 Å². The zero-order chi connectivity index (χ0) is 11.5. The average Bonchev–Trinajstić information content (AvgIpc) is 2.93. The number of ketones is 1. The van der Waals surface area contributed by atoms with E-state index in [1.807, 2.05) is 20.8 Å². The fourth-order valence-corrected chi connectivity index (χ4v) is 1.46. The monoisotopic (exact) mass is 213 g/mol. The van der Waals surface area contributed by atoms with Crippen LogP contribution in [0.1, 0.15) is 33.6 Å². The number of hydrogen-bond acceptors (Lipinski definition) is 3. The summed E-state index contributed by atoms with van der Waals surface area (Å²) in [6.07, 6.45) is 2.47. The van der Waals surface area contributed by atoms with Gasteiger partial charge in [0, 0.05) is 25.1 Å². The molecule has 0 heterocycles. The Morgan fingerprint density at radius 1 is 1.40 bits per heavy atom. The molecule has 0 bridgehead atoms. The summed E-state index contributed by atoms with van der Waals surface area (Å²) < 4.78 is 5.06. The highest BCUT2D eigenvalue weighted by Crippen LogP contribution is 2.27. The number of carbonyl (C=O) groups excluding carboxylic acids is 1. The van der Waals surface area contributed by atoms with Gasteiger partial charge in [-0.2, -0.15) is 0 Å². The maximum atomic E-state index is 11.9. The standard InChI is InChI=1S/C12H23NO2/c1-12(2,3)11(14)9-13(7-8-15-4)10-5-6-10/h10H,5-9H2,1-4H3. The lowest BCUT2D eigenvalue weighted by Crippen LogP contribution is -2.38. The van der Waals surface area contributed by atoms with Crippen molar-refractivity contribution in [2.75, 3.05) is 26.8 Å². The van der Waals surface area contributed by atoms with E-state index in [1.165, 1.54) is 12.8 Å². The van der Waals surface area contributed by atoms with Gasteiger partial charge in [-0.25, -0.2) is 0 Å². The van der Waals surface area contributed by atoms with E-state index in [0.29, 0.717) is 25.0 Å². The number of hydrogen-bond donors (Lipinski definition) is 0. The van der Waals surface area contributed by atoms with Gasteiger partial charge in [-0.15, -0.1) is 0 Å². The van der Waals surface area contributed by atoms with Crippen LogP contribution in [0, 0.1) is 5.41 Å². The van der Waals surface area contributed by atoms with Crippen LogP contribution in [-0.2, 0) is 9.53 Å². The van der Waals surface area contributed by atoms with E-state index in [2.05, 4.69) is 4.90 Å². The molecule has 15 heavy (non-hydrogen) atoms. The molecular weight excluding hydrogens is 190 g/mol. The van der Waals surface area contributed by atoms with E-state index < -0.39 is 0 Å². The molecule has 88 valence electrons. The largest absolute Gasteiger partial charge is 0.383 e. The lowest BCUT2D eigenvalue weighted by molar-refractivity contribution is -0.127. The quantitative estimate of drug-likeness (QED) is 0.672. The van der Waals surface area contributed by atoms with E-state index in [0.717, 1.165) is 6.54 Å². The van der Waals surface area contributed by atoms with Crippen LogP contribution in [0.25, 0.3) is 0 Å². The zero-order valence-corrected chi connectivity index (χ0v) is 10.4. The molecule has 1 aliphatic carbocycles. The lowest BCUT2D eigenvalue weighted by atomic mass is 9.90. The number of carbonyl (C=O) groups is 1. The van der Waals surface area contributed by atoms with Crippen LogP contribution in [0.5, 0.6) is 0 Å². The first-order valence-electron chi connectivity index (χ1n) is 5.71. The summed E-state index contributed by atoms with van der Waals surface area (Å²) in [4.78, 5) is 14.1. The van der Waals surface area contributed by atoms with Gasteiger partial charge in [0.1, 0.15) is 0 Å². The Labute approximate surface area is 92.8 Å². The first-order valence-corrected chi connectivity index (χ1v) is 5.71. The van der Waals surface area contributed by atoms with Crippen molar-refractivity contribution in [1.82, 2.24) is 4.90 Å². The number of ether oxygens (including phenoxy) is 1. The number of Topliss-reactive ketones (excluding diaryl/α,β-unsaturated/α-hetero) is 1. The van der Waals surface area contributed by atoms with Gasteiger partial charge in [-0.3, -0.25) is 9.69 Å². The SMILES string of the molecule is COCCN(CC(=O)C(C)(C)C)C1CC1. The molecular formula is C12H23NO2. The van der Waals surface area contributed by atoms with Crippen LogP contribution in [0.15, 0.2) is 0 Å². The Bertz CT molecular complexity index is 216. The minimum absolute atomic E-state index is 0.222. The maximum absolute atomic E-state index is 11.9. The third kappa shape index (κ3) is 4.31. The fourth-order valence-electron chi connectivity index (χ4n) is 1.46. The van der Waals surface area contributed by atoms with Crippen molar-refractivity contribution in [3.63, 3.8) is 0 Å². The molecule has 0 spiro atoms. The highest BCUT2D eigenvalue weighted by molar-refractivity contribution is 5.85. The Hall–Kier alpha value is -0.410. The molecule has 0 amide bonds. The minimum Gasteiger partial charge on any atom is -0.383 e. The van der Waals surface area contributed by atoms with E-state index in [-0.39, 0.29) is 5.41 Å². The molecule has 0 aromatic carbocycles. The van der Waals surface area contributed by atoms with Gasteiger partial charge in [-0.1, -0.05) is 20.8 Å². The summed E-state index contributed by atoms with van der Waals surface area (Å²) in [5.74, 6) is 0.325. The molecule has 3 nitrogen and oxygen atoms in total. The summed E-state index contributed by atoms with van der Waals surface area (Å²) in [6, 6.07) is 0.631. The van der Waals surface area contributed by atoms with Crippen molar-refractivity contribution in [3.8, 4) is 0 Å². The molecule has 0 radical (unpaired) electrons. The van der Waals surface area contributed by atoms with Crippen molar-refractivity contribution in [3.05, 3.63) is 0 Å². The van der Waals surface area contributed by atoms with Gasteiger partial charge in [0.05, 0.1) is 13.2 Å². The number of nitrogens with zero attached hydrogens (tertiary/aromatic N) is 1. The fraction of sp³-hybridized carbons (Fsp3) is 0.917. The van der Waals surface area contributed by atoms with Crippen LogP contribution < -0.4 is 0 Å². The lowest BCUT2D eigenvalue weighted by Gasteiger charge is -2.25. The summed E-state index contributed by atoms with van der Waals surface area (Å²) in [7, 11) is 1.71. The van der Waals surface area contributed by atoms with Gasteiger partial charge < -0.3 is 4.74 Å². The number of rotatable bonds is 6. The van der Waals surface area contributed by atoms with E-state index in [1.54, 1.807) is 7.11 Å². The minimum atomic E-state index is -0.222. The smallest absolute Gasteiger partial charge is 0.152 e. The zero-order valence-electron chi connectivity index (χ0n) is 10.4. The molecule has 0 saturated heterocycles. The molecule has 0 unspecified atom stereocenters. The van der Waals surface area contributed by atoms with Crippen molar-refractivity contribution < 1.29 is 9.53 Å². The molecule has 1 saturated carbocycles. The molecule has 0 aromatic heterocycles. The molecule has 0 aliphatic heterocycles. The van der Waals surface area contributed by atoms with Crippen LogP contribution in [0.4, 0.5) is 0 Å². The first kappa shape index (κ1) is 12.7. The molecule has 1 aliphatic rings. The summed E-state index contributed by atoms with van der Waals surface area (Å²) in [5.41, 5.74) is -0.222. The average molecular weight is 213 g/mol. The van der Waals surface area contributed by atoms with Gasteiger partial charge in [-0.05, 0) is 12.8 Å². The van der Waals surface area contributed by atoms with Crippen LogP contribution in [0.2, 0.25) is 0 Å². The summed E-state index contributed by atoms with van der Waals surface area (Å²) in [6.45, 7) is 8.12. The molecule has 0 aromatic rings. The first-order chi connectivity index (χ1) is 6.95. The predicted molar refractivity (Wildman–Crippen MR) is 60.9 cm³/mol. The van der Waals surface area contributed by atoms with Gasteiger partial charge in [0.2, 0.25) is 0 Å². The topological polar surface area (TPSA) is 29.5 Å².